The summed E-state index contributed by atoms with van der Waals surface area (Å²) in [6.07, 6.45) is 26.2. The Morgan fingerprint density at radius 2 is 0.755 bits per heavy atom. The van der Waals surface area contributed by atoms with Crippen molar-refractivity contribution >= 4 is 34.4 Å². The van der Waals surface area contributed by atoms with Gasteiger partial charge in [0.1, 0.15) is 0 Å². The third-order valence-electron chi connectivity index (χ3n) is 12.5. The molecular weight excluding hydrogens is 775 g/mol. The maximum atomic E-state index is 6.91. The van der Waals surface area contributed by atoms with Gasteiger partial charge in [-0.2, -0.15) is 0 Å². The number of pyridine rings is 1. The minimum absolute atomic E-state index is 0. The monoisotopic (exact) mass is 831 g/mol. The van der Waals surface area contributed by atoms with E-state index in [1.807, 2.05) is 12.1 Å². The van der Waals surface area contributed by atoms with Gasteiger partial charge in [-0.3, -0.25) is 9.98 Å². The van der Waals surface area contributed by atoms with Crippen molar-refractivity contribution < 1.29 is 55.8 Å². The zero-order chi connectivity index (χ0) is 33.6. The minimum Gasteiger partial charge on any atom is -1.00 e. The Labute approximate surface area is 356 Å². The summed E-state index contributed by atoms with van der Waals surface area (Å²) in [5.74, 6) is 2.40. The van der Waals surface area contributed by atoms with Gasteiger partial charge in [0, 0.05) is 5.02 Å². The van der Waals surface area contributed by atoms with Crippen LogP contribution >= 0.6 is 11.6 Å². The van der Waals surface area contributed by atoms with Gasteiger partial charge >= 0.3 is 18.6 Å². The largest absolute Gasteiger partial charge is 3.00 e. The molecule has 8 heteroatoms. The number of nitrogens with zero attached hydrogens (tertiary/aromatic N) is 3. The van der Waals surface area contributed by atoms with Gasteiger partial charge in [-0.15, -0.1) is 0 Å². The van der Waals surface area contributed by atoms with Gasteiger partial charge in [0.2, 0.25) is 0 Å². The Hall–Kier alpha value is -1.33. The van der Waals surface area contributed by atoms with Crippen LogP contribution in [0.2, 0.25) is 5.02 Å². The first-order valence-corrected chi connectivity index (χ1v) is 20.5. The van der Waals surface area contributed by atoms with Crippen LogP contribution in [-0.2, 0) is 18.6 Å². The molecule has 0 aliphatic heterocycles. The van der Waals surface area contributed by atoms with E-state index in [-0.39, 0.29) is 55.8 Å². The van der Waals surface area contributed by atoms with Crippen LogP contribution in [0.4, 0.5) is 11.4 Å². The smallest absolute Gasteiger partial charge is 1.00 e. The second kappa shape index (κ2) is 22.4. The van der Waals surface area contributed by atoms with Gasteiger partial charge in [-0.25, -0.2) is 4.98 Å². The number of rotatable bonds is 8. The molecule has 0 spiro atoms. The number of para-hydroxylation sites is 2. The third kappa shape index (κ3) is 11.4. The normalized spacial score (nSPS) is 19.7. The molecule has 53 heavy (non-hydrogen) atoms. The van der Waals surface area contributed by atoms with Crippen LogP contribution in [-0.4, -0.2) is 16.4 Å². The van der Waals surface area contributed by atoms with Crippen LogP contribution in [0.15, 0.2) is 58.5 Å². The summed E-state index contributed by atoms with van der Waals surface area (Å²) in [6, 6.07) is 18.1. The van der Waals surface area contributed by atoms with Crippen molar-refractivity contribution in [1.82, 2.24) is 4.98 Å². The van der Waals surface area contributed by atoms with Gasteiger partial charge in [-0.1, -0.05) is 125 Å². The van der Waals surface area contributed by atoms with Crippen molar-refractivity contribution in [3.05, 3.63) is 87.2 Å². The molecule has 0 bridgehead atoms. The van der Waals surface area contributed by atoms with Crippen LogP contribution in [0.5, 0.6) is 0 Å². The SMILES string of the molecule is CC(=Nc1c(C2CCCCC2)cccc1C1CCCCC1)c1cc(Cl)cc(C(C)=Nc2c(C3CCCCC3)cccc2C2CCCCC2)n1.[Cl-].[Cl-].[Cl-].[V+3]. The van der Waals surface area contributed by atoms with E-state index >= 15 is 0 Å². The second-order valence-corrected chi connectivity index (χ2v) is 16.3. The van der Waals surface area contributed by atoms with E-state index < -0.39 is 0 Å². The third-order valence-corrected chi connectivity index (χ3v) is 12.7. The molecule has 4 aliphatic rings. The summed E-state index contributed by atoms with van der Waals surface area (Å²) >= 11 is 6.91. The Morgan fingerprint density at radius 1 is 0.491 bits per heavy atom. The predicted molar refractivity (Wildman–Crippen MR) is 209 cm³/mol. The van der Waals surface area contributed by atoms with Crippen molar-refractivity contribution in [2.45, 2.75) is 166 Å². The first kappa shape index (κ1) is 46.1. The van der Waals surface area contributed by atoms with Crippen molar-refractivity contribution in [3.8, 4) is 0 Å². The van der Waals surface area contributed by atoms with Crippen molar-refractivity contribution in [1.29, 1.82) is 0 Å². The molecule has 4 fully saturated rings. The molecule has 0 radical (unpaired) electrons. The fourth-order valence-corrected chi connectivity index (χ4v) is 9.91. The topological polar surface area (TPSA) is 37.6 Å². The van der Waals surface area contributed by atoms with Crippen LogP contribution in [0, 0.1) is 0 Å². The Kier molecular flexibility index (Phi) is 19.5. The molecule has 4 saturated carbocycles. The first-order chi connectivity index (χ1) is 24.0. The second-order valence-electron chi connectivity index (χ2n) is 15.9. The van der Waals surface area contributed by atoms with E-state index in [0.717, 1.165) is 22.8 Å². The van der Waals surface area contributed by atoms with Crippen LogP contribution < -0.4 is 37.2 Å². The quantitative estimate of drug-likeness (QED) is 0.288. The van der Waals surface area contributed by atoms with Crippen LogP contribution in [0.25, 0.3) is 0 Å². The molecule has 0 N–H and O–H groups in total. The molecule has 0 amide bonds. The number of aliphatic imine (C=N–C) groups is 2. The summed E-state index contributed by atoms with van der Waals surface area (Å²) in [6.45, 7) is 4.27. The predicted octanol–water partition coefficient (Wildman–Crippen LogP) is 5.22. The Morgan fingerprint density at radius 3 is 1.02 bits per heavy atom. The molecule has 0 atom stereocenters. The van der Waals surface area contributed by atoms with Crippen molar-refractivity contribution in [2.24, 2.45) is 9.98 Å². The molecule has 7 rings (SSSR count). The molecular formula is C45H58Cl4N3V. The molecule has 2 aromatic carbocycles. The fourth-order valence-electron chi connectivity index (χ4n) is 9.71. The zero-order valence-corrected chi connectivity index (χ0v) is 36.3. The van der Waals surface area contributed by atoms with E-state index in [2.05, 4.69) is 50.2 Å². The number of halogens is 4. The van der Waals surface area contributed by atoms with Gasteiger partial charge in [0.25, 0.3) is 0 Å². The van der Waals surface area contributed by atoms with E-state index in [0.29, 0.717) is 28.7 Å². The molecule has 286 valence electrons. The summed E-state index contributed by atoms with van der Waals surface area (Å²) in [5, 5.41) is 0.699. The zero-order valence-electron chi connectivity index (χ0n) is 31.9. The average Bonchev–Trinajstić information content (AvgIpc) is 3.16. The molecule has 4 aliphatic carbocycles. The summed E-state index contributed by atoms with van der Waals surface area (Å²) in [4.78, 5) is 16.3. The first-order valence-electron chi connectivity index (χ1n) is 20.1. The molecule has 1 heterocycles. The minimum atomic E-state index is 0. The molecule has 0 saturated heterocycles. The number of aromatic nitrogens is 1. The van der Waals surface area contributed by atoms with Gasteiger partial charge in [0.15, 0.2) is 0 Å². The van der Waals surface area contributed by atoms with Gasteiger partial charge in [-0.05, 0) is 123 Å². The van der Waals surface area contributed by atoms with E-state index in [9.17, 15) is 0 Å². The summed E-state index contributed by atoms with van der Waals surface area (Å²) in [7, 11) is 0. The van der Waals surface area contributed by atoms with Gasteiger partial charge in [0.05, 0.1) is 34.2 Å². The molecule has 3 nitrogen and oxygen atoms in total. The van der Waals surface area contributed by atoms with Crippen LogP contribution in [0.1, 0.15) is 200 Å². The van der Waals surface area contributed by atoms with Gasteiger partial charge < -0.3 is 37.2 Å². The molecule has 0 unspecified atom stereocenters. The molecule has 3 aromatic rings. The standard InChI is InChI=1S/C45H58ClN3.3ClH.V/c1-31(47-44-38(33-17-7-3-8-18-33)25-15-26-39(44)34-19-9-4-10-20-34)42-29-37(46)30-43(49-42)32(2)48-45-40(35-21-11-5-12-22-35)27-16-28-41(45)36-23-13-6-14-24-36;;;;/h15-16,25-30,33-36H,3-14,17-24H2,1-2H3;3*1H;/q;;;;+3/p-3. The number of hydrogen-bond donors (Lipinski definition) is 0. The van der Waals surface area contributed by atoms with E-state index in [1.165, 1.54) is 162 Å². The number of benzene rings is 2. The molecule has 1 aromatic heterocycles. The average molecular weight is 834 g/mol. The summed E-state index contributed by atoms with van der Waals surface area (Å²) in [5.41, 5.74) is 11.9. The van der Waals surface area contributed by atoms with Crippen molar-refractivity contribution in [2.75, 3.05) is 0 Å². The van der Waals surface area contributed by atoms with Crippen molar-refractivity contribution in [3.63, 3.8) is 0 Å². The van der Waals surface area contributed by atoms with E-state index in [1.54, 1.807) is 0 Å². The van der Waals surface area contributed by atoms with Crippen LogP contribution in [0.3, 0.4) is 0 Å². The van der Waals surface area contributed by atoms with E-state index in [4.69, 9.17) is 26.6 Å². The summed E-state index contributed by atoms with van der Waals surface area (Å²) < 4.78 is 0. The Balaban J connectivity index is 0.00000189. The Bertz CT molecular complexity index is 1460. The maximum absolute atomic E-state index is 6.91. The number of hydrogen-bond acceptors (Lipinski definition) is 3. The fraction of sp³-hybridized carbons (Fsp3) is 0.578. The maximum Gasteiger partial charge on any atom is 3.00 e.